The predicted octanol–water partition coefficient (Wildman–Crippen LogP) is 1.82. The molecule has 2 aromatic heterocycles. The first-order chi connectivity index (χ1) is 14.6. The van der Waals surface area contributed by atoms with Crippen LogP contribution < -0.4 is 5.56 Å². The van der Waals surface area contributed by atoms with E-state index in [2.05, 4.69) is 21.8 Å². The molecule has 1 N–H and O–H groups in total. The molecule has 8 heteroatoms. The molecule has 0 radical (unpaired) electrons. The highest BCUT2D eigenvalue weighted by Crippen LogP contribution is 2.34. The number of likely N-dealkylation sites (tertiary alicyclic amines) is 1. The number of piperidine rings is 1. The monoisotopic (exact) mass is 429 g/mol. The van der Waals surface area contributed by atoms with E-state index in [4.69, 9.17) is 4.98 Å². The molecule has 30 heavy (non-hydrogen) atoms. The number of aryl methyl sites for hydroxylation is 2. The minimum absolute atomic E-state index is 0.00952. The van der Waals surface area contributed by atoms with E-state index >= 15 is 0 Å². The van der Waals surface area contributed by atoms with Crippen LogP contribution in [0.4, 0.5) is 0 Å². The lowest BCUT2D eigenvalue weighted by Gasteiger charge is -2.36. The van der Waals surface area contributed by atoms with Gasteiger partial charge >= 0.3 is 0 Å². The van der Waals surface area contributed by atoms with Crippen molar-refractivity contribution in [2.45, 2.75) is 44.4 Å². The molecule has 0 aromatic carbocycles. The van der Waals surface area contributed by atoms with Crippen molar-refractivity contribution in [1.82, 2.24) is 24.7 Å². The summed E-state index contributed by atoms with van der Waals surface area (Å²) in [5.74, 6) is 1.09. The van der Waals surface area contributed by atoms with Crippen LogP contribution in [0.3, 0.4) is 0 Å². The molecule has 1 amide bonds. The number of nitrogens with zero attached hydrogens (tertiary/aromatic N) is 4. The fraction of sp³-hybridized carbons (Fsp3) is 0.682. The summed E-state index contributed by atoms with van der Waals surface area (Å²) in [5, 5.41) is 0.817. The van der Waals surface area contributed by atoms with Gasteiger partial charge in [0, 0.05) is 50.1 Å². The van der Waals surface area contributed by atoms with Gasteiger partial charge in [0.25, 0.3) is 5.56 Å². The number of piperazine rings is 1. The van der Waals surface area contributed by atoms with Crippen molar-refractivity contribution in [3.63, 3.8) is 0 Å². The minimum Gasteiger partial charge on any atom is -0.341 e. The average molecular weight is 430 g/mol. The van der Waals surface area contributed by atoms with Crippen LogP contribution in [0, 0.1) is 0 Å². The number of H-pyrrole nitrogens is 1. The molecule has 2 fully saturated rings. The van der Waals surface area contributed by atoms with Crippen LogP contribution in [0.15, 0.2) is 4.79 Å². The van der Waals surface area contributed by atoms with Gasteiger partial charge in [-0.05, 0) is 51.1 Å². The number of carbonyl (C=O) groups is 1. The maximum atomic E-state index is 12.9. The van der Waals surface area contributed by atoms with E-state index in [1.165, 1.54) is 16.9 Å². The van der Waals surface area contributed by atoms with Crippen molar-refractivity contribution in [3.8, 4) is 0 Å². The smallest absolute Gasteiger partial charge is 0.259 e. The molecule has 2 saturated heterocycles. The van der Waals surface area contributed by atoms with Gasteiger partial charge in [-0.25, -0.2) is 4.98 Å². The SMILES string of the molecule is CN1CCN(CC(=O)N2CCCC(c3nc4sc5c(c4c(=O)[nH]3)CCCC5)C2)CC1. The Morgan fingerprint density at radius 3 is 2.77 bits per heavy atom. The molecule has 0 saturated carbocycles. The number of hydrogen-bond acceptors (Lipinski definition) is 6. The van der Waals surface area contributed by atoms with Gasteiger partial charge in [-0.1, -0.05) is 0 Å². The predicted molar refractivity (Wildman–Crippen MR) is 119 cm³/mol. The fourth-order valence-electron chi connectivity index (χ4n) is 5.10. The first kappa shape index (κ1) is 20.2. The summed E-state index contributed by atoms with van der Waals surface area (Å²) in [4.78, 5) is 42.6. The van der Waals surface area contributed by atoms with Crippen LogP contribution in [-0.4, -0.2) is 83.4 Å². The lowest BCUT2D eigenvalue weighted by molar-refractivity contribution is -0.134. The lowest BCUT2D eigenvalue weighted by atomic mass is 9.96. The van der Waals surface area contributed by atoms with Gasteiger partial charge in [0.1, 0.15) is 10.7 Å². The lowest BCUT2D eigenvalue weighted by Crippen LogP contribution is -2.50. The molecule has 1 aliphatic carbocycles. The van der Waals surface area contributed by atoms with E-state index in [0.717, 1.165) is 80.9 Å². The number of aromatic amines is 1. The van der Waals surface area contributed by atoms with Crippen molar-refractivity contribution in [2.24, 2.45) is 0 Å². The molecule has 0 bridgehead atoms. The van der Waals surface area contributed by atoms with Gasteiger partial charge in [-0.3, -0.25) is 14.5 Å². The topological polar surface area (TPSA) is 72.5 Å². The van der Waals surface area contributed by atoms with Crippen molar-refractivity contribution < 1.29 is 4.79 Å². The number of nitrogens with one attached hydrogen (secondary N) is 1. The standard InChI is InChI=1S/C22H31N5O2S/c1-25-9-11-26(12-10-25)14-18(28)27-8-4-5-15(13-27)20-23-21(29)19-16-6-2-3-7-17(16)30-22(19)24-20/h15H,2-14H2,1H3,(H,23,24,29). The molecule has 1 atom stereocenters. The van der Waals surface area contributed by atoms with E-state index in [-0.39, 0.29) is 17.4 Å². The molecule has 5 rings (SSSR count). The Bertz CT molecular complexity index is 991. The number of aromatic nitrogens is 2. The largest absolute Gasteiger partial charge is 0.341 e. The summed E-state index contributed by atoms with van der Waals surface area (Å²) >= 11 is 1.70. The zero-order valence-corrected chi connectivity index (χ0v) is 18.6. The van der Waals surface area contributed by atoms with Crippen molar-refractivity contribution in [2.75, 3.05) is 52.9 Å². The fourth-order valence-corrected chi connectivity index (χ4v) is 6.37. The number of hydrogen-bond donors (Lipinski definition) is 1. The van der Waals surface area contributed by atoms with E-state index in [9.17, 15) is 9.59 Å². The maximum Gasteiger partial charge on any atom is 0.259 e. The second-order valence-corrected chi connectivity index (χ2v) is 10.2. The van der Waals surface area contributed by atoms with Gasteiger partial charge in [0.15, 0.2) is 0 Å². The number of rotatable bonds is 3. The first-order valence-corrected chi connectivity index (χ1v) is 12.1. The van der Waals surface area contributed by atoms with Gasteiger partial charge < -0.3 is 14.8 Å². The second-order valence-electron chi connectivity index (χ2n) is 9.10. The quantitative estimate of drug-likeness (QED) is 0.806. The highest BCUT2D eigenvalue weighted by Gasteiger charge is 2.29. The van der Waals surface area contributed by atoms with Crippen LogP contribution in [0.5, 0.6) is 0 Å². The summed E-state index contributed by atoms with van der Waals surface area (Å²) in [7, 11) is 2.13. The Morgan fingerprint density at radius 1 is 1.13 bits per heavy atom. The molecule has 4 heterocycles. The van der Waals surface area contributed by atoms with E-state index in [1.54, 1.807) is 11.3 Å². The number of likely N-dealkylation sites (N-methyl/N-ethyl adjacent to an activating group) is 1. The first-order valence-electron chi connectivity index (χ1n) is 11.3. The third-order valence-electron chi connectivity index (χ3n) is 6.96. The molecular weight excluding hydrogens is 398 g/mol. The van der Waals surface area contributed by atoms with Gasteiger partial charge in [0.2, 0.25) is 5.91 Å². The Kier molecular flexibility index (Phi) is 5.64. The van der Waals surface area contributed by atoms with Crippen molar-refractivity contribution in [3.05, 3.63) is 26.6 Å². The van der Waals surface area contributed by atoms with E-state index in [1.807, 2.05) is 4.90 Å². The number of carbonyl (C=O) groups excluding carboxylic acids is 1. The van der Waals surface area contributed by atoms with Gasteiger partial charge in [-0.15, -0.1) is 11.3 Å². The molecule has 2 aromatic rings. The highest BCUT2D eigenvalue weighted by molar-refractivity contribution is 7.18. The minimum atomic E-state index is 0.00952. The second kappa shape index (κ2) is 8.40. The summed E-state index contributed by atoms with van der Waals surface area (Å²) in [6, 6.07) is 0. The Labute approximate surface area is 181 Å². The molecule has 7 nitrogen and oxygen atoms in total. The van der Waals surface area contributed by atoms with Crippen LogP contribution in [0.1, 0.15) is 47.9 Å². The molecule has 0 spiro atoms. The van der Waals surface area contributed by atoms with E-state index in [0.29, 0.717) is 13.1 Å². The van der Waals surface area contributed by atoms with E-state index < -0.39 is 0 Å². The highest BCUT2D eigenvalue weighted by atomic mass is 32.1. The van der Waals surface area contributed by atoms with Crippen molar-refractivity contribution >= 4 is 27.5 Å². The third kappa shape index (κ3) is 3.92. The molecule has 3 aliphatic rings. The maximum absolute atomic E-state index is 12.9. The zero-order chi connectivity index (χ0) is 20.7. The summed E-state index contributed by atoms with van der Waals surface area (Å²) in [5.41, 5.74) is 1.24. The molecule has 162 valence electrons. The summed E-state index contributed by atoms with van der Waals surface area (Å²) in [6.07, 6.45) is 6.37. The van der Waals surface area contributed by atoms with Crippen LogP contribution in [-0.2, 0) is 17.6 Å². The zero-order valence-electron chi connectivity index (χ0n) is 17.8. The normalized spacial score (nSPS) is 23.6. The molecule has 1 unspecified atom stereocenters. The van der Waals surface area contributed by atoms with Crippen molar-refractivity contribution in [1.29, 1.82) is 0 Å². The average Bonchev–Trinajstić information content (AvgIpc) is 3.14. The van der Waals surface area contributed by atoms with Gasteiger partial charge in [-0.2, -0.15) is 0 Å². The van der Waals surface area contributed by atoms with Crippen LogP contribution in [0.2, 0.25) is 0 Å². The van der Waals surface area contributed by atoms with Crippen LogP contribution >= 0.6 is 11.3 Å². The Morgan fingerprint density at radius 2 is 1.93 bits per heavy atom. The number of amides is 1. The van der Waals surface area contributed by atoms with Gasteiger partial charge in [0.05, 0.1) is 11.9 Å². The Balaban J connectivity index is 1.31. The third-order valence-corrected chi connectivity index (χ3v) is 8.14. The molecule has 2 aliphatic heterocycles. The summed E-state index contributed by atoms with van der Waals surface area (Å²) < 4.78 is 0. The van der Waals surface area contributed by atoms with Crippen LogP contribution in [0.25, 0.3) is 10.2 Å². The summed E-state index contributed by atoms with van der Waals surface area (Å²) in [6.45, 7) is 5.91. The number of thiophene rings is 1. The molecular formula is C22H31N5O2S. The number of fused-ring (bicyclic) bond motifs is 3. The Hall–Kier alpha value is -1.77.